The maximum Gasteiger partial charge on any atom is 0.239 e. The number of carbonyl (C=O) groups excluding carboxylic acids is 1. The van der Waals surface area contributed by atoms with Crippen LogP contribution in [-0.4, -0.2) is 49.4 Å². The highest BCUT2D eigenvalue weighted by molar-refractivity contribution is 7.91. The average molecular weight is 248 g/mol. The van der Waals surface area contributed by atoms with Crippen molar-refractivity contribution in [1.29, 1.82) is 0 Å². The first kappa shape index (κ1) is 13.4. The van der Waals surface area contributed by atoms with Crippen LogP contribution in [0.1, 0.15) is 26.7 Å². The van der Waals surface area contributed by atoms with E-state index in [-0.39, 0.29) is 23.5 Å². The van der Waals surface area contributed by atoms with Crippen molar-refractivity contribution < 1.29 is 13.2 Å². The van der Waals surface area contributed by atoms with Gasteiger partial charge in [0.15, 0.2) is 9.84 Å². The Bertz CT molecular complexity index is 353. The highest BCUT2D eigenvalue weighted by atomic mass is 32.2. The van der Waals surface area contributed by atoms with E-state index in [4.69, 9.17) is 5.73 Å². The first-order valence-electron chi connectivity index (χ1n) is 5.67. The van der Waals surface area contributed by atoms with Gasteiger partial charge in [-0.05, 0) is 19.8 Å². The van der Waals surface area contributed by atoms with E-state index in [2.05, 4.69) is 0 Å². The van der Waals surface area contributed by atoms with Crippen LogP contribution in [0.15, 0.2) is 0 Å². The molecular formula is C10H20N2O3S. The summed E-state index contributed by atoms with van der Waals surface area (Å²) in [5, 5.41) is 0. The van der Waals surface area contributed by atoms with E-state index >= 15 is 0 Å². The lowest BCUT2D eigenvalue weighted by atomic mass is 10.1. The van der Waals surface area contributed by atoms with Gasteiger partial charge in [-0.1, -0.05) is 6.92 Å². The van der Waals surface area contributed by atoms with Gasteiger partial charge < -0.3 is 10.6 Å². The molecule has 16 heavy (non-hydrogen) atoms. The van der Waals surface area contributed by atoms with Gasteiger partial charge in [-0.25, -0.2) is 8.42 Å². The zero-order chi connectivity index (χ0) is 12.3. The predicted octanol–water partition coefficient (Wildman–Crippen LogP) is -0.241. The van der Waals surface area contributed by atoms with Gasteiger partial charge in [0, 0.05) is 12.6 Å². The first-order chi connectivity index (χ1) is 7.41. The maximum absolute atomic E-state index is 11.9. The van der Waals surface area contributed by atoms with Crippen molar-refractivity contribution in [2.24, 2.45) is 5.73 Å². The van der Waals surface area contributed by atoms with Crippen LogP contribution in [0.5, 0.6) is 0 Å². The molecule has 0 bridgehead atoms. The lowest BCUT2D eigenvalue weighted by Crippen LogP contribution is -2.48. The summed E-state index contributed by atoms with van der Waals surface area (Å²) >= 11 is 0. The van der Waals surface area contributed by atoms with Crippen LogP contribution < -0.4 is 5.73 Å². The Hall–Kier alpha value is -0.620. The second-order valence-electron chi connectivity index (χ2n) is 4.20. The smallest absolute Gasteiger partial charge is 0.239 e. The molecule has 0 radical (unpaired) electrons. The van der Waals surface area contributed by atoms with Crippen LogP contribution in [0, 0.1) is 0 Å². The number of likely N-dealkylation sites (N-methyl/N-ethyl adjacent to an activating group) is 1. The Kier molecular flexibility index (Phi) is 4.32. The lowest BCUT2D eigenvalue weighted by molar-refractivity contribution is -0.134. The van der Waals surface area contributed by atoms with Crippen molar-refractivity contribution in [1.82, 2.24) is 4.90 Å². The minimum Gasteiger partial charge on any atom is -0.338 e. The summed E-state index contributed by atoms with van der Waals surface area (Å²) in [7, 11) is -2.95. The molecule has 1 saturated heterocycles. The molecule has 1 aliphatic heterocycles. The number of sulfone groups is 1. The maximum atomic E-state index is 11.9. The number of amides is 1. The average Bonchev–Trinajstić information content (AvgIpc) is 2.58. The highest BCUT2D eigenvalue weighted by Crippen LogP contribution is 2.18. The van der Waals surface area contributed by atoms with Crippen LogP contribution in [-0.2, 0) is 14.6 Å². The lowest BCUT2D eigenvalue weighted by Gasteiger charge is -2.29. The standard InChI is InChI=1S/C10H20N2O3S/c1-3-9(11)10(13)12(4-2)8-5-6-16(14,15)7-8/h8-9H,3-7,11H2,1-2H3/t8?,9-/m0/s1. The zero-order valence-electron chi connectivity index (χ0n) is 9.85. The van der Waals surface area contributed by atoms with Gasteiger partial charge in [0.2, 0.25) is 5.91 Å². The number of hydrogen-bond donors (Lipinski definition) is 1. The Labute approximate surface area is 96.9 Å². The molecule has 5 nitrogen and oxygen atoms in total. The Morgan fingerprint density at radius 3 is 2.50 bits per heavy atom. The van der Waals surface area contributed by atoms with E-state index in [9.17, 15) is 13.2 Å². The van der Waals surface area contributed by atoms with Crippen LogP contribution in [0.25, 0.3) is 0 Å². The second-order valence-corrected chi connectivity index (χ2v) is 6.42. The van der Waals surface area contributed by atoms with Crippen LogP contribution in [0.4, 0.5) is 0 Å². The summed E-state index contributed by atoms with van der Waals surface area (Å²) in [6.45, 7) is 4.22. The molecule has 6 heteroatoms. The monoisotopic (exact) mass is 248 g/mol. The fourth-order valence-corrected chi connectivity index (χ4v) is 3.73. The van der Waals surface area contributed by atoms with Crippen molar-refractivity contribution in [3.63, 3.8) is 0 Å². The molecule has 1 unspecified atom stereocenters. The van der Waals surface area contributed by atoms with Crippen molar-refractivity contribution >= 4 is 15.7 Å². The zero-order valence-corrected chi connectivity index (χ0v) is 10.7. The van der Waals surface area contributed by atoms with Gasteiger partial charge in [-0.2, -0.15) is 0 Å². The molecule has 0 aliphatic carbocycles. The molecule has 0 spiro atoms. The molecule has 1 rings (SSSR count). The summed E-state index contributed by atoms with van der Waals surface area (Å²) < 4.78 is 22.7. The fraction of sp³-hybridized carbons (Fsp3) is 0.900. The number of nitrogens with two attached hydrogens (primary N) is 1. The SMILES string of the molecule is CC[C@H](N)C(=O)N(CC)C1CCS(=O)(=O)C1. The Morgan fingerprint density at radius 2 is 2.12 bits per heavy atom. The molecule has 1 aliphatic rings. The van der Waals surface area contributed by atoms with E-state index in [0.29, 0.717) is 19.4 Å². The molecule has 2 N–H and O–H groups in total. The molecule has 1 fully saturated rings. The number of carbonyl (C=O) groups is 1. The van der Waals surface area contributed by atoms with Gasteiger partial charge in [0.25, 0.3) is 0 Å². The van der Waals surface area contributed by atoms with Gasteiger partial charge in [-0.15, -0.1) is 0 Å². The summed E-state index contributed by atoms with van der Waals surface area (Å²) in [5.74, 6) is 0.137. The molecule has 2 atom stereocenters. The normalized spacial score (nSPS) is 25.3. The topological polar surface area (TPSA) is 80.5 Å². The highest BCUT2D eigenvalue weighted by Gasteiger charge is 2.34. The van der Waals surface area contributed by atoms with E-state index in [1.165, 1.54) is 0 Å². The fourth-order valence-electron chi connectivity index (χ4n) is 2.00. The predicted molar refractivity (Wildman–Crippen MR) is 62.7 cm³/mol. The summed E-state index contributed by atoms with van der Waals surface area (Å²) in [5.41, 5.74) is 5.69. The van der Waals surface area contributed by atoms with E-state index in [1.807, 2.05) is 13.8 Å². The Morgan fingerprint density at radius 1 is 1.50 bits per heavy atom. The van der Waals surface area contributed by atoms with Gasteiger partial charge in [0.05, 0.1) is 17.5 Å². The summed E-state index contributed by atoms with van der Waals surface area (Å²) in [4.78, 5) is 13.5. The van der Waals surface area contributed by atoms with Crippen molar-refractivity contribution in [3.8, 4) is 0 Å². The van der Waals surface area contributed by atoms with Crippen molar-refractivity contribution in [3.05, 3.63) is 0 Å². The van der Waals surface area contributed by atoms with Gasteiger partial charge in [0.1, 0.15) is 0 Å². The molecule has 94 valence electrons. The molecular weight excluding hydrogens is 228 g/mol. The first-order valence-corrected chi connectivity index (χ1v) is 7.50. The Balaban J connectivity index is 2.73. The third kappa shape index (κ3) is 2.95. The van der Waals surface area contributed by atoms with Crippen LogP contribution >= 0.6 is 0 Å². The van der Waals surface area contributed by atoms with E-state index < -0.39 is 15.9 Å². The third-order valence-corrected chi connectivity index (χ3v) is 4.78. The molecule has 0 aromatic heterocycles. The third-order valence-electron chi connectivity index (χ3n) is 3.03. The summed E-state index contributed by atoms with van der Waals surface area (Å²) in [6.07, 6.45) is 1.12. The van der Waals surface area contributed by atoms with E-state index in [1.54, 1.807) is 4.90 Å². The van der Waals surface area contributed by atoms with Crippen molar-refractivity contribution in [2.45, 2.75) is 38.8 Å². The minimum absolute atomic E-state index is 0.0863. The molecule has 1 heterocycles. The molecule has 0 aromatic rings. The second kappa shape index (κ2) is 5.14. The van der Waals surface area contributed by atoms with Crippen LogP contribution in [0.3, 0.4) is 0 Å². The number of hydrogen-bond acceptors (Lipinski definition) is 4. The van der Waals surface area contributed by atoms with E-state index in [0.717, 1.165) is 0 Å². The van der Waals surface area contributed by atoms with Crippen LogP contribution in [0.2, 0.25) is 0 Å². The van der Waals surface area contributed by atoms with Gasteiger partial charge in [-0.3, -0.25) is 4.79 Å². The largest absolute Gasteiger partial charge is 0.338 e. The van der Waals surface area contributed by atoms with Gasteiger partial charge >= 0.3 is 0 Å². The number of rotatable bonds is 4. The molecule has 0 aromatic carbocycles. The quantitative estimate of drug-likeness (QED) is 0.744. The minimum atomic E-state index is -2.95. The number of nitrogens with zero attached hydrogens (tertiary/aromatic N) is 1. The van der Waals surface area contributed by atoms with Crippen molar-refractivity contribution in [2.75, 3.05) is 18.1 Å². The summed E-state index contributed by atoms with van der Waals surface area (Å²) in [6, 6.07) is -0.691. The molecule has 1 amide bonds. The molecule has 0 saturated carbocycles.